The molecule has 0 unspecified atom stereocenters. The van der Waals surface area contributed by atoms with E-state index >= 15 is 0 Å². The number of aliphatic hydroxyl groups is 1. The number of hydrogen-bond donors (Lipinski definition) is 2. The molecule has 0 saturated carbocycles. The first-order valence-corrected chi connectivity index (χ1v) is 6.73. The van der Waals surface area contributed by atoms with Crippen molar-refractivity contribution in [3.8, 4) is 11.1 Å². The molecule has 0 bridgehead atoms. The Morgan fingerprint density at radius 2 is 1.90 bits per heavy atom. The lowest BCUT2D eigenvalue weighted by atomic mass is 10.1. The van der Waals surface area contributed by atoms with Gasteiger partial charge in [0.05, 0.1) is 18.5 Å². The van der Waals surface area contributed by atoms with Crippen LogP contribution < -0.4 is 5.56 Å². The van der Waals surface area contributed by atoms with Crippen molar-refractivity contribution in [2.24, 2.45) is 0 Å². The lowest BCUT2D eigenvalue weighted by molar-refractivity contribution is 0.271. The van der Waals surface area contributed by atoms with Gasteiger partial charge in [0.1, 0.15) is 0 Å². The van der Waals surface area contributed by atoms with Gasteiger partial charge in [-0.25, -0.2) is 4.98 Å². The molecular formula is C15H16N4O2. The highest BCUT2D eigenvalue weighted by Gasteiger charge is 2.10. The molecule has 6 nitrogen and oxygen atoms in total. The van der Waals surface area contributed by atoms with Gasteiger partial charge in [-0.1, -0.05) is 0 Å². The second-order valence-corrected chi connectivity index (χ2v) is 5.05. The second-order valence-electron chi connectivity index (χ2n) is 5.05. The molecule has 3 aromatic heterocycles. The van der Waals surface area contributed by atoms with Crippen molar-refractivity contribution in [2.75, 3.05) is 6.61 Å². The molecule has 0 saturated heterocycles. The third-order valence-electron chi connectivity index (χ3n) is 3.34. The third-order valence-corrected chi connectivity index (χ3v) is 3.34. The van der Waals surface area contributed by atoms with Crippen molar-refractivity contribution >= 4 is 11.0 Å². The maximum Gasteiger partial charge on any atom is 0.273 e. The third kappa shape index (κ3) is 2.45. The van der Waals surface area contributed by atoms with Crippen LogP contribution in [0, 0.1) is 13.8 Å². The molecule has 0 radical (unpaired) electrons. The number of pyridine rings is 2. The van der Waals surface area contributed by atoms with E-state index in [1.165, 1.54) is 0 Å². The molecule has 3 aromatic rings. The zero-order valence-corrected chi connectivity index (χ0v) is 11.9. The van der Waals surface area contributed by atoms with Crippen LogP contribution >= 0.6 is 0 Å². The summed E-state index contributed by atoms with van der Waals surface area (Å²) in [6.07, 6.45) is 1.73. The fourth-order valence-electron chi connectivity index (χ4n) is 2.50. The van der Waals surface area contributed by atoms with Gasteiger partial charge in [0.25, 0.3) is 5.56 Å². The molecule has 21 heavy (non-hydrogen) atoms. The minimum absolute atomic E-state index is 0.0497. The van der Waals surface area contributed by atoms with Gasteiger partial charge in [-0.2, -0.15) is 0 Å². The van der Waals surface area contributed by atoms with E-state index in [4.69, 9.17) is 5.11 Å². The monoisotopic (exact) mass is 284 g/mol. The van der Waals surface area contributed by atoms with E-state index in [9.17, 15) is 4.79 Å². The quantitative estimate of drug-likeness (QED) is 0.761. The summed E-state index contributed by atoms with van der Waals surface area (Å²) in [6, 6.07) is 5.76. The molecule has 0 fully saturated rings. The number of hydrogen-bond acceptors (Lipinski definition) is 4. The van der Waals surface area contributed by atoms with Gasteiger partial charge < -0.3 is 5.11 Å². The molecule has 0 aliphatic carbocycles. The molecule has 0 spiro atoms. The predicted octanol–water partition coefficient (Wildman–Crippen LogP) is 1.40. The molecule has 0 atom stereocenters. The number of nitrogens with one attached hydrogen (secondary N) is 1. The maximum atomic E-state index is 12.0. The van der Waals surface area contributed by atoms with E-state index in [0.29, 0.717) is 17.6 Å². The van der Waals surface area contributed by atoms with Crippen LogP contribution in [0.4, 0.5) is 0 Å². The molecule has 3 heterocycles. The minimum Gasteiger partial charge on any atom is -0.394 e. The summed E-state index contributed by atoms with van der Waals surface area (Å²) >= 11 is 0. The Hall–Kier alpha value is -2.47. The molecule has 108 valence electrons. The van der Waals surface area contributed by atoms with Crippen LogP contribution in [-0.4, -0.2) is 31.5 Å². The zero-order valence-electron chi connectivity index (χ0n) is 11.9. The van der Waals surface area contributed by atoms with Crippen molar-refractivity contribution in [3.63, 3.8) is 0 Å². The standard InChI is InChI=1S/C15H16N4O2/c1-9-5-11(6-10(2)17-9)12-7-13-14(16-8-12)19(3-4-20)18-15(13)21/h5-8,20H,3-4H2,1-2H3,(H,18,21). The number of H-pyrrole nitrogens is 1. The van der Waals surface area contributed by atoms with Crippen LogP contribution in [0.15, 0.2) is 29.2 Å². The zero-order chi connectivity index (χ0) is 15.0. The van der Waals surface area contributed by atoms with E-state index in [1.807, 2.05) is 32.0 Å². The van der Waals surface area contributed by atoms with Gasteiger partial charge in [0.2, 0.25) is 0 Å². The second kappa shape index (κ2) is 5.14. The van der Waals surface area contributed by atoms with Crippen molar-refractivity contribution < 1.29 is 5.11 Å². The SMILES string of the molecule is Cc1cc(-c2cnc3c(c2)c(=O)[nH]n3CCO)cc(C)n1. The molecular weight excluding hydrogens is 268 g/mol. The first kappa shape index (κ1) is 13.5. The molecule has 2 N–H and O–H groups in total. The number of aryl methyl sites for hydroxylation is 2. The Morgan fingerprint density at radius 1 is 1.19 bits per heavy atom. The summed E-state index contributed by atoms with van der Waals surface area (Å²) in [6.45, 7) is 4.14. The van der Waals surface area contributed by atoms with Crippen molar-refractivity contribution in [2.45, 2.75) is 20.4 Å². The predicted molar refractivity (Wildman–Crippen MR) is 80.1 cm³/mol. The Balaban J connectivity index is 2.17. The van der Waals surface area contributed by atoms with Crippen LogP contribution in [0.3, 0.4) is 0 Å². The van der Waals surface area contributed by atoms with Gasteiger partial charge in [-0.3, -0.25) is 19.6 Å². The summed E-state index contributed by atoms with van der Waals surface area (Å²) in [5.74, 6) is 0. The number of fused-ring (bicyclic) bond motifs is 1. The van der Waals surface area contributed by atoms with Gasteiger partial charge in [-0.05, 0) is 37.6 Å². The summed E-state index contributed by atoms with van der Waals surface area (Å²) in [4.78, 5) is 20.7. The number of aliphatic hydroxyl groups excluding tert-OH is 1. The van der Waals surface area contributed by atoms with E-state index < -0.39 is 0 Å². The van der Waals surface area contributed by atoms with E-state index in [-0.39, 0.29) is 12.2 Å². The Bertz CT molecular complexity index is 843. The smallest absolute Gasteiger partial charge is 0.273 e. The number of nitrogens with zero attached hydrogens (tertiary/aromatic N) is 3. The maximum absolute atomic E-state index is 12.0. The molecule has 6 heteroatoms. The fourth-order valence-corrected chi connectivity index (χ4v) is 2.50. The van der Waals surface area contributed by atoms with E-state index in [0.717, 1.165) is 22.5 Å². The topological polar surface area (TPSA) is 83.8 Å². The van der Waals surface area contributed by atoms with Crippen LogP contribution in [-0.2, 0) is 6.54 Å². The summed E-state index contributed by atoms with van der Waals surface area (Å²) in [5, 5.41) is 12.2. The molecule has 0 aliphatic heterocycles. The van der Waals surface area contributed by atoms with Crippen LogP contribution in [0.25, 0.3) is 22.2 Å². The van der Waals surface area contributed by atoms with Crippen LogP contribution in [0.2, 0.25) is 0 Å². The fraction of sp³-hybridized carbons (Fsp3) is 0.267. The van der Waals surface area contributed by atoms with Crippen LogP contribution in [0.1, 0.15) is 11.4 Å². The summed E-state index contributed by atoms with van der Waals surface area (Å²) < 4.78 is 1.56. The number of aromatic nitrogens is 4. The molecule has 3 rings (SSSR count). The first-order valence-electron chi connectivity index (χ1n) is 6.73. The largest absolute Gasteiger partial charge is 0.394 e. The minimum atomic E-state index is -0.199. The van der Waals surface area contributed by atoms with Gasteiger partial charge in [-0.15, -0.1) is 0 Å². The van der Waals surface area contributed by atoms with Gasteiger partial charge >= 0.3 is 0 Å². The normalized spacial score (nSPS) is 11.2. The lowest BCUT2D eigenvalue weighted by Gasteiger charge is -2.05. The Labute approximate surface area is 121 Å². The van der Waals surface area contributed by atoms with Crippen molar-refractivity contribution in [1.29, 1.82) is 0 Å². The average molecular weight is 284 g/mol. The van der Waals surface area contributed by atoms with Crippen LogP contribution in [0.5, 0.6) is 0 Å². The lowest BCUT2D eigenvalue weighted by Crippen LogP contribution is -2.08. The Morgan fingerprint density at radius 3 is 2.57 bits per heavy atom. The van der Waals surface area contributed by atoms with Crippen molar-refractivity contribution in [1.82, 2.24) is 19.7 Å². The highest BCUT2D eigenvalue weighted by atomic mass is 16.3. The summed E-state index contributed by atoms with van der Waals surface area (Å²) in [7, 11) is 0. The van der Waals surface area contributed by atoms with E-state index in [2.05, 4.69) is 15.1 Å². The highest BCUT2D eigenvalue weighted by molar-refractivity contribution is 5.80. The van der Waals surface area contributed by atoms with E-state index in [1.54, 1.807) is 10.9 Å². The van der Waals surface area contributed by atoms with Gasteiger partial charge in [0, 0.05) is 23.1 Å². The highest BCUT2D eigenvalue weighted by Crippen LogP contribution is 2.22. The molecule has 0 amide bonds. The number of aromatic amines is 1. The molecule has 0 aliphatic rings. The first-order chi connectivity index (χ1) is 10.1. The summed E-state index contributed by atoms with van der Waals surface area (Å²) in [5.41, 5.74) is 4.08. The van der Waals surface area contributed by atoms with Gasteiger partial charge in [0.15, 0.2) is 5.65 Å². The number of rotatable bonds is 3. The van der Waals surface area contributed by atoms with Crippen molar-refractivity contribution in [3.05, 3.63) is 46.1 Å². The average Bonchev–Trinajstić information content (AvgIpc) is 2.74. The Kier molecular flexibility index (Phi) is 3.31. The molecule has 0 aromatic carbocycles.